The number of rotatable bonds is 6. The summed E-state index contributed by atoms with van der Waals surface area (Å²) in [4.78, 5) is 17.2. The number of nitrogens with one attached hydrogen (secondary N) is 2. The highest BCUT2D eigenvalue weighted by molar-refractivity contribution is 5.40. The third kappa shape index (κ3) is 3.14. The molecule has 1 unspecified atom stereocenters. The lowest BCUT2D eigenvalue weighted by atomic mass is 10.0. The second kappa shape index (κ2) is 6.70. The highest BCUT2D eigenvalue weighted by Gasteiger charge is 2.24. The number of hydrogen-bond donors (Lipinski definition) is 2. The van der Waals surface area contributed by atoms with Crippen LogP contribution < -0.4 is 5.32 Å². The molecular formula is C15H16N10O. The van der Waals surface area contributed by atoms with Gasteiger partial charge in [-0.15, -0.1) is 0 Å². The Bertz CT molecular complexity index is 960. The first-order valence-electron chi connectivity index (χ1n) is 7.99. The van der Waals surface area contributed by atoms with Gasteiger partial charge in [0.25, 0.3) is 0 Å². The van der Waals surface area contributed by atoms with Gasteiger partial charge in [0.1, 0.15) is 12.4 Å². The first-order valence-corrected chi connectivity index (χ1v) is 7.99. The minimum Gasteiger partial charge on any atom is -0.342 e. The number of aromatic amines is 1. The van der Waals surface area contributed by atoms with Gasteiger partial charge in [0.15, 0.2) is 11.6 Å². The lowest BCUT2D eigenvalue weighted by Crippen LogP contribution is -2.19. The Kier molecular flexibility index (Phi) is 4.09. The molecule has 0 radical (unpaired) electrons. The molecule has 0 aromatic carbocycles. The standard InChI is InChI=1S/C15H16N10O/c1-9(2)11(14-22-13(24-26-14)12-17-8-18-23-12)21-15-16-6-4-10(20-15)25-7-3-5-19-25/h3-9,11H,1-2H3,(H,16,20,21)(H,17,18,23). The maximum absolute atomic E-state index is 5.40. The Hall–Kier alpha value is -3.63. The van der Waals surface area contributed by atoms with Crippen LogP contribution in [0.25, 0.3) is 17.5 Å². The van der Waals surface area contributed by atoms with Crippen LogP contribution in [-0.4, -0.2) is 45.1 Å². The van der Waals surface area contributed by atoms with Crippen molar-refractivity contribution in [2.24, 2.45) is 5.92 Å². The SMILES string of the molecule is CC(C)C(Nc1nccc(-n2cccn2)n1)c1nc(-c2ncn[nH]2)no1. The minimum absolute atomic E-state index is 0.148. The van der Waals surface area contributed by atoms with Gasteiger partial charge in [0.05, 0.1) is 0 Å². The fourth-order valence-corrected chi connectivity index (χ4v) is 2.37. The van der Waals surface area contributed by atoms with Gasteiger partial charge in [-0.3, -0.25) is 5.10 Å². The molecule has 0 bridgehead atoms. The zero-order valence-corrected chi connectivity index (χ0v) is 14.1. The van der Waals surface area contributed by atoms with Crippen LogP contribution in [0.5, 0.6) is 0 Å². The van der Waals surface area contributed by atoms with Crippen LogP contribution >= 0.6 is 0 Å². The minimum atomic E-state index is -0.271. The van der Waals surface area contributed by atoms with Crippen LogP contribution in [0.2, 0.25) is 0 Å². The van der Waals surface area contributed by atoms with Crippen molar-refractivity contribution in [3.05, 3.63) is 42.9 Å². The zero-order valence-electron chi connectivity index (χ0n) is 14.1. The molecule has 4 heterocycles. The van der Waals surface area contributed by atoms with Crippen molar-refractivity contribution >= 4 is 5.95 Å². The Balaban J connectivity index is 1.59. The van der Waals surface area contributed by atoms with E-state index < -0.39 is 0 Å². The third-order valence-electron chi connectivity index (χ3n) is 3.67. The summed E-state index contributed by atoms with van der Waals surface area (Å²) in [5, 5.41) is 17.9. The molecule has 11 nitrogen and oxygen atoms in total. The van der Waals surface area contributed by atoms with Gasteiger partial charge in [-0.1, -0.05) is 19.0 Å². The number of hydrogen-bond acceptors (Lipinski definition) is 9. The molecule has 0 amide bonds. The summed E-state index contributed by atoms with van der Waals surface area (Å²) in [6.45, 7) is 4.07. The topological polar surface area (TPSA) is 136 Å². The van der Waals surface area contributed by atoms with E-state index in [9.17, 15) is 0 Å². The Morgan fingerprint density at radius 1 is 1.19 bits per heavy atom. The summed E-state index contributed by atoms with van der Waals surface area (Å²) < 4.78 is 7.06. The zero-order chi connectivity index (χ0) is 17.9. The maximum Gasteiger partial charge on any atom is 0.249 e. The van der Waals surface area contributed by atoms with E-state index in [0.717, 1.165) is 0 Å². The van der Waals surface area contributed by atoms with Crippen molar-refractivity contribution in [2.75, 3.05) is 5.32 Å². The van der Waals surface area contributed by atoms with Gasteiger partial charge in [-0.2, -0.15) is 20.2 Å². The maximum atomic E-state index is 5.40. The Labute approximate surface area is 147 Å². The van der Waals surface area contributed by atoms with Crippen LogP contribution in [0.15, 0.2) is 41.6 Å². The normalized spacial score (nSPS) is 12.4. The molecule has 0 spiro atoms. The number of H-pyrrole nitrogens is 1. The van der Waals surface area contributed by atoms with Crippen molar-refractivity contribution in [3.63, 3.8) is 0 Å². The van der Waals surface area contributed by atoms with Crippen LogP contribution in [0.3, 0.4) is 0 Å². The highest BCUT2D eigenvalue weighted by atomic mass is 16.5. The molecule has 26 heavy (non-hydrogen) atoms. The lowest BCUT2D eigenvalue weighted by molar-refractivity contribution is 0.335. The molecule has 1 atom stereocenters. The van der Waals surface area contributed by atoms with Gasteiger partial charge in [0, 0.05) is 24.7 Å². The second-order valence-electron chi connectivity index (χ2n) is 5.85. The lowest BCUT2D eigenvalue weighted by Gasteiger charge is -2.18. The van der Waals surface area contributed by atoms with Gasteiger partial charge < -0.3 is 9.84 Å². The summed E-state index contributed by atoms with van der Waals surface area (Å²) in [6, 6.07) is 3.33. The monoisotopic (exact) mass is 352 g/mol. The summed E-state index contributed by atoms with van der Waals surface area (Å²) >= 11 is 0. The van der Waals surface area contributed by atoms with Gasteiger partial charge >= 0.3 is 0 Å². The van der Waals surface area contributed by atoms with E-state index in [0.29, 0.717) is 29.3 Å². The van der Waals surface area contributed by atoms with E-state index in [4.69, 9.17) is 4.52 Å². The van der Waals surface area contributed by atoms with E-state index in [1.54, 1.807) is 23.1 Å². The molecule has 0 fully saturated rings. The van der Waals surface area contributed by atoms with E-state index in [-0.39, 0.29) is 12.0 Å². The Morgan fingerprint density at radius 3 is 2.85 bits per heavy atom. The molecule has 0 saturated heterocycles. The average Bonchev–Trinajstić information content (AvgIpc) is 3.42. The smallest absolute Gasteiger partial charge is 0.249 e. The van der Waals surface area contributed by atoms with E-state index >= 15 is 0 Å². The third-order valence-corrected chi connectivity index (χ3v) is 3.67. The molecule has 4 aromatic heterocycles. The molecule has 0 aliphatic rings. The first kappa shape index (κ1) is 15.9. The first-order chi connectivity index (χ1) is 12.7. The predicted molar refractivity (Wildman–Crippen MR) is 90.0 cm³/mol. The van der Waals surface area contributed by atoms with Crippen molar-refractivity contribution in [1.82, 2.24) is 45.1 Å². The highest BCUT2D eigenvalue weighted by Crippen LogP contribution is 2.25. The van der Waals surface area contributed by atoms with E-state index in [1.807, 2.05) is 26.1 Å². The molecule has 0 aliphatic carbocycles. The molecule has 4 aromatic rings. The number of anilines is 1. The number of nitrogens with zero attached hydrogens (tertiary/aromatic N) is 8. The largest absolute Gasteiger partial charge is 0.342 e. The summed E-state index contributed by atoms with van der Waals surface area (Å²) in [5.41, 5.74) is 0. The molecule has 4 rings (SSSR count). The fraction of sp³-hybridized carbons (Fsp3) is 0.267. The fourth-order valence-electron chi connectivity index (χ4n) is 2.37. The van der Waals surface area contributed by atoms with Gasteiger partial charge in [-0.05, 0) is 12.0 Å². The van der Waals surface area contributed by atoms with Gasteiger partial charge in [0.2, 0.25) is 17.7 Å². The van der Waals surface area contributed by atoms with Crippen LogP contribution in [0.1, 0.15) is 25.8 Å². The van der Waals surface area contributed by atoms with Crippen LogP contribution in [0, 0.1) is 5.92 Å². The van der Waals surface area contributed by atoms with Crippen molar-refractivity contribution < 1.29 is 4.52 Å². The summed E-state index contributed by atoms with van der Waals surface area (Å²) in [6.07, 6.45) is 6.55. The van der Waals surface area contributed by atoms with Crippen LogP contribution in [-0.2, 0) is 0 Å². The molecule has 132 valence electrons. The van der Waals surface area contributed by atoms with E-state index in [2.05, 4.69) is 45.7 Å². The summed E-state index contributed by atoms with van der Waals surface area (Å²) in [5.74, 6) is 2.45. The molecule has 0 aliphatic heterocycles. The molecule has 2 N–H and O–H groups in total. The predicted octanol–water partition coefficient (Wildman–Crippen LogP) is 1.64. The quantitative estimate of drug-likeness (QED) is 0.530. The molecule has 0 saturated carbocycles. The van der Waals surface area contributed by atoms with Crippen molar-refractivity contribution in [3.8, 4) is 17.5 Å². The van der Waals surface area contributed by atoms with Crippen molar-refractivity contribution in [1.29, 1.82) is 0 Å². The Morgan fingerprint density at radius 2 is 2.12 bits per heavy atom. The molecule has 11 heteroatoms. The van der Waals surface area contributed by atoms with Crippen LogP contribution in [0.4, 0.5) is 5.95 Å². The number of aromatic nitrogens is 9. The molecular weight excluding hydrogens is 336 g/mol. The van der Waals surface area contributed by atoms with E-state index in [1.165, 1.54) is 6.33 Å². The van der Waals surface area contributed by atoms with Gasteiger partial charge in [-0.25, -0.2) is 14.6 Å². The average molecular weight is 352 g/mol. The summed E-state index contributed by atoms with van der Waals surface area (Å²) in [7, 11) is 0. The van der Waals surface area contributed by atoms with Crippen molar-refractivity contribution in [2.45, 2.75) is 19.9 Å². The second-order valence-corrected chi connectivity index (χ2v) is 5.85.